The van der Waals surface area contributed by atoms with Gasteiger partial charge in [-0.15, -0.1) is 0 Å². The van der Waals surface area contributed by atoms with Crippen LogP contribution in [-0.4, -0.2) is 62.8 Å². The van der Waals surface area contributed by atoms with E-state index < -0.39 is 0 Å². The summed E-state index contributed by atoms with van der Waals surface area (Å²) < 4.78 is 5.44. The van der Waals surface area contributed by atoms with Crippen molar-refractivity contribution in [2.45, 2.75) is 44.9 Å². The summed E-state index contributed by atoms with van der Waals surface area (Å²) in [7, 11) is 2.28. The maximum Gasteiger partial charge on any atom is 0.0495 e. The molecule has 0 amide bonds. The molecule has 19 heavy (non-hydrogen) atoms. The average Bonchev–Trinajstić information content (AvgIpc) is 2.80. The van der Waals surface area contributed by atoms with Gasteiger partial charge in [0.25, 0.3) is 0 Å². The number of nitrogens with zero attached hydrogens (tertiary/aromatic N) is 2. The Morgan fingerprint density at radius 3 is 2.58 bits per heavy atom. The molecule has 0 aromatic carbocycles. The van der Waals surface area contributed by atoms with Gasteiger partial charge in [0.05, 0.1) is 0 Å². The molecule has 1 unspecified atom stereocenters. The third-order valence-corrected chi connectivity index (χ3v) is 4.66. The van der Waals surface area contributed by atoms with Crippen LogP contribution in [-0.2, 0) is 4.74 Å². The van der Waals surface area contributed by atoms with Crippen molar-refractivity contribution in [3.8, 4) is 0 Å². The lowest BCUT2D eigenvalue weighted by Gasteiger charge is -2.22. The molecule has 3 nitrogen and oxygen atoms in total. The van der Waals surface area contributed by atoms with E-state index in [1.807, 2.05) is 0 Å². The highest BCUT2D eigenvalue weighted by Crippen LogP contribution is 2.16. The number of rotatable bonds is 7. The highest BCUT2D eigenvalue weighted by atomic mass is 16.5. The first-order valence-electron chi connectivity index (χ1n) is 8.33. The van der Waals surface area contributed by atoms with Crippen LogP contribution in [0.1, 0.15) is 44.9 Å². The van der Waals surface area contributed by atoms with Crippen molar-refractivity contribution >= 4 is 0 Å². The molecule has 2 saturated heterocycles. The first kappa shape index (κ1) is 15.3. The van der Waals surface area contributed by atoms with Gasteiger partial charge in [0.15, 0.2) is 0 Å². The predicted octanol–water partition coefficient (Wildman–Crippen LogP) is 2.61. The van der Waals surface area contributed by atoms with Crippen molar-refractivity contribution in [3.05, 3.63) is 0 Å². The third-order valence-electron chi connectivity index (χ3n) is 4.66. The molecule has 3 heteroatoms. The van der Waals surface area contributed by atoms with Crippen molar-refractivity contribution < 1.29 is 4.74 Å². The van der Waals surface area contributed by atoms with Gasteiger partial charge in [-0.2, -0.15) is 0 Å². The molecular weight excluding hydrogens is 236 g/mol. The predicted molar refractivity (Wildman–Crippen MR) is 80.6 cm³/mol. The summed E-state index contributed by atoms with van der Waals surface area (Å²) in [5.74, 6) is 0.827. The van der Waals surface area contributed by atoms with Crippen LogP contribution in [0.3, 0.4) is 0 Å². The van der Waals surface area contributed by atoms with E-state index in [9.17, 15) is 0 Å². The van der Waals surface area contributed by atoms with Gasteiger partial charge in [0.2, 0.25) is 0 Å². The molecule has 0 saturated carbocycles. The lowest BCUT2D eigenvalue weighted by molar-refractivity contribution is 0.179. The van der Waals surface area contributed by atoms with Crippen LogP contribution >= 0.6 is 0 Å². The molecule has 0 aliphatic carbocycles. The molecule has 2 aliphatic rings. The molecule has 112 valence electrons. The molecule has 2 rings (SSSR count). The fourth-order valence-corrected chi connectivity index (χ4v) is 3.25. The van der Waals surface area contributed by atoms with Crippen LogP contribution in [0.5, 0.6) is 0 Å². The normalized spacial score (nSPS) is 25.9. The van der Waals surface area contributed by atoms with Crippen LogP contribution in [0.2, 0.25) is 0 Å². The SMILES string of the molecule is CN(CCCN1CCCCCC1)CCC1CCOC1. The summed E-state index contributed by atoms with van der Waals surface area (Å²) >= 11 is 0. The molecule has 1 atom stereocenters. The quantitative estimate of drug-likeness (QED) is 0.706. The summed E-state index contributed by atoms with van der Waals surface area (Å²) in [6, 6.07) is 0. The molecule has 0 N–H and O–H groups in total. The van der Waals surface area contributed by atoms with Gasteiger partial charge < -0.3 is 14.5 Å². The summed E-state index contributed by atoms with van der Waals surface area (Å²) in [4.78, 5) is 5.18. The summed E-state index contributed by atoms with van der Waals surface area (Å²) in [6.45, 7) is 8.46. The Morgan fingerprint density at radius 2 is 1.89 bits per heavy atom. The molecule has 0 spiro atoms. The van der Waals surface area contributed by atoms with Gasteiger partial charge in [-0.3, -0.25) is 0 Å². The highest BCUT2D eigenvalue weighted by Gasteiger charge is 2.16. The van der Waals surface area contributed by atoms with Gasteiger partial charge >= 0.3 is 0 Å². The topological polar surface area (TPSA) is 15.7 Å². The van der Waals surface area contributed by atoms with E-state index in [4.69, 9.17) is 4.74 Å². The van der Waals surface area contributed by atoms with Gasteiger partial charge in [-0.1, -0.05) is 12.8 Å². The third kappa shape index (κ3) is 6.24. The summed E-state index contributed by atoms with van der Waals surface area (Å²) in [5, 5.41) is 0. The van der Waals surface area contributed by atoms with Gasteiger partial charge in [-0.05, 0) is 77.8 Å². The van der Waals surface area contributed by atoms with Crippen LogP contribution in [0.4, 0.5) is 0 Å². The van der Waals surface area contributed by atoms with Crippen LogP contribution in [0, 0.1) is 5.92 Å². The van der Waals surface area contributed by atoms with E-state index in [1.165, 1.54) is 77.7 Å². The lowest BCUT2D eigenvalue weighted by atomic mass is 10.1. The first-order chi connectivity index (χ1) is 9.34. The maximum absolute atomic E-state index is 5.44. The summed E-state index contributed by atoms with van der Waals surface area (Å²) in [5.41, 5.74) is 0. The standard InChI is InChI=1S/C16H32N2O/c1-17(13-7-16-8-14-19-15-16)9-6-12-18-10-4-2-3-5-11-18/h16H,2-15H2,1H3. The van der Waals surface area contributed by atoms with Crippen molar-refractivity contribution in [1.29, 1.82) is 0 Å². The maximum atomic E-state index is 5.44. The van der Waals surface area contributed by atoms with Crippen molar-refractivity contribution in [2.24, 2.45) is 5.92 Å². The van der Waals surface area contributed by atoms with Crippen LogP contribution < -0.4 is 0 Å². The Bertz CT molecular complexity index is 221. The molecule has 0 aromatic rings. The molecule has 0 bridgehead atoms. The minimum atomic E-state index is 0.827. The molecule has 2 heterocycles. The minimum Gasteiger partial charge on any atom is -0.381 e. The lowest BCUT2D eigenvalue weighted by Crippen LogP contribution is -2.30. The Balaban J connectivity index is 1.49. The Hall–Kier alpha value is -0.120. The van der Waals surface area contributed by atoms with Crippen molar-refractivity contribution in [1.82, 2.24) is 9.80 Å². The number of ether oxygens (including phenoxy) is 1. The Morgan fingerprint density at radius 1 is 1.11 bits per heavy atom. The smallest absolute Gasteiger partial charge is 0.0495 e. The van der Waals surface area contributed by atoms with E-state index in [-0.39, 0.29) is 0 Å². The van der Waals surface area contributed by atoms with Crippen molar-refractivity contribution in [2.75, 3.05) is 53.0 Å². The summed E-state index contributed by atoms with van der Waals surface area (Å²) in [6.07, 6.45) is 9.65. The molecule has 0 radical (unpaired) electrons. The second-order valence-corrected chi connectivity index (χ2v) is 6.43. The highest BCUT2D eigenvalue weighted by molar-refractivity contribution is 4.67. The molecule has 2 aliphatic heterocycles. The zero-order chi connectivity index (χ0) is 13.3. The van der Waals surface area contributed by atoms with E-state index in [1.54, 1.807) is 0 Å². The monoisotopic (exact) mass is 268 g/mol. The first-order valence-corrected chi connectivity index (χ1v) is 8.33. The Labute approximate surface area is 119 Å². The van der Waals surface area contributed by atoms with Crippen LogP contribution in [0.25, 0.3) is 0 Å². The van der Waals surface area contributed by atoms with Gasteiger partial charge in [0.1, 0.15) is 0 Å². The van der Waals surface area contributed by atoms with E-state index in [2.05, 4.69) is 16.8 Å². The average molecular weight is 268 g/mol. The minimum absolute atomic E-state index is 0.827. The van der Waals surface area contributed by atoms with Gasteiger partial charge in [0, 0.05) is 13.2 Å². The van der Waals surface area contributed by atoms with E-state index in [0.29, 0.717) is 0 Å². The number of hydrogen-bond donors (Lipinski definition) is 0. The van der Waals surface area contributed by atoms with Crippen molar-refractivity contribution in [3.63, 3.8) is 0 Å². The van der Waals surface area contributed by atoms with Crippen LogP contribution in [0.15, 0.2) is 0 Å². The zero-order valence-electron chi connectivity index (χ0n) is 12.8. The second kappa shape index (κ2) is 8.93. The number of hydrogen-bond acceptors (Lipinski definition) is 3. The molecular formula is C16H32N2O. The largest absolute Gasteiger partial charge is 0.381 e. The fourth-order valence-electron chi connectivity index (χ4n) is 3.25. The molecule has 2 fully saturated rings. The van der Waals surface area contributed by atoms with Gasteiger partial charge in [-0.25, -0.2) is 0 Å². The second-order valence-electron chi connectivity index (χ2n) is 6.43. The van der Waals surface area contributed by atoms with E-state index >= 15 is 0 Å². The zero-order valence-corrected chi connectivity index (χ0v) is 12.8. The molecule has 0 aromatic heterocycles. The number of likely N-dealkylation sites (tertiary alicyclic amines) is 1. The Kier molecular flexibility index (Phi) is 7.18. The fraction of sp³-hybridized carbons (Fsp3) is 1.00. The van der Waals surface area contributed by atoms with E-state index in [0.717, 1.165) is 19.1 Å².